The smallest absolute Gasteiger partial charge is 0.271 e. The van der Waals surface area contributed by atoms with E-state index >= 15 is 0 Å². The van der Waals surface area contributed by atoms with Crippen molar-refractivity contribution >= 4 is 47.1 Å². The van der Waals surface area contributed by atoms with Crippen LogP contribution in [-0.4, -0.2) is 12.1 Å². The standard InChI is InChI=1S/C18H12Cl2N2O2S/c19-15-8-6-12(10-16(15)20)18(23)22-21-11-13-7-9-17(24-13)25-14-4-2-1-3-5-14/h1-11H,(H,22,23)/b21-11-. The fourth-order valence-electron chi connectivity index (χ4n) is 1.92. The number of furan rings is 1. The van der Waals surface area contributed by atoms with Crippen molar-refractivity contribution in [3.05, 3.63) is 82.0 Å². The van der Waals surface area contributed by atoms with Gasteiger partial charge in [0.25, 0.3) is 5.91 Å². The van der Waals surface area contributed by atoms with Gasteiger partial charge in [0, 0.05) is 10.5 Å². The Morgan fingerprint density at radius 1 is 1.04 bits per heavy atom. The van der Waals surface area contributed by atoms with E-state index < -0.39 is 0 Å². The lowest BCUT2D eigenvalue weighted by atomic mass is 10.2. The van der Waals surface area contributed by atoms with E-state index in [2.05, 4.69) is 10.5 Å². The zero-order valence-electron chi connectivity index (χ0n) is 12.8. The molecule has 0 saturated heterocycles. The second kappa shape index (κ2) is 8.25. The molecule has 3 rings (SSSR count). The van der Waals surface area contributed by atoms with Crippen molar-refractivity contribution < 1.29 is 9.21 Å². The van der Waals surface area contributed by atoms with Crippen LogP contribution in [0.25, 0.3) is 0 Å². The van der Waals surface area contributed by atoms with Gasteiger partial charge in [0.2, 0.25) is 0 Å². The van der Waals surface area contributed by atoms with E-state index in [1.165, 1.54) is 24.0 Å². The first-order chi connectivity index (χ1) is 12.1. The Labute approximate surface area is 158 Å². The van der Waals surface area contributed by atoms with Gasteiger partial charge in [-0.2, -0.15) is 5.10 Å². The minimum Gasteiger partial charge on any atom is -0.448 e. The van der Waals surface area contributed by atoms with Gasteiger partial charge >= 0.3 is 0 Å². The van der Waals surface area contributed by atoms with Crippen molar-refractivity contribution in [1.82, 2.24) is 5.43 Å². The highest BCUT2D eigenvalue weighted by Crippen LogP contribution is 2.28. The summed E-state index contributed by atoms with van der Waals surface area (Å²) in [6.07, 6.45) is 1.43. The lowest BCUT2D eigenvalue weighted by Crippen LogP contribution is -2.17. The molecule has 0 saturated carbocycles. The lowest BCUT2D eigenvalue weighted by molar-refractivity contribution is 0.0955. The van der Waals surface area contributed by atoms with E-state index in [-0.39, 0.29) is 5.91 Å². The number of rotatable bonds is 5. The maximum atomic E-state index is 12.0. The molecule has 1 aromatic heterocycles. The molecule has 2 aromatic carbocycles. The molecule has 0 bridgehead atoms. The molecular weight excluding hydrogens is 379 g/mol. The predicted molar refractivity (Wildman–Crippen MR) is 101 cm³/mol. The lowest BCUT2D eigenvalue weighted by Gasteiger charge is -2.01. The van der Waals surface area contributed by atoms with E-state index in [1.54, 1.807) is 18.2 Å². The molecule has 1 heterocycles. The molecule has 126 valence electrons. The average Bonchev–Trinajstić information content (AvgIpc) is 3.05. The normalized spacial score (nSPS) is 11.0. The van der Waals surface area contributed by atoms with E-state index in [1.807, 2.05) is 36.4 Å². The van der Waals surface area contributed by atoms with Gasteiger partial charge in [0.1, 0.15) is 5.76 Å². The van der Waals surface area contributed by atoms with Crippen molar-refractivity contribution in [3.63, 3.8) is 0 Å². The Bertz CT molecular complexity index is 910. The van der Waals surface area contributed by atoms with Gasteiger partial charge in [-0.1, -0.05) is 53.2 Å². The first kappa shape index (κ1) is 17.6. The maximum Gasteiger partial charge on any atom is 0.271 e. The molecule has 3 aromatic rings. The van der Waals surface area contributed by atoms with Gasteiger partial charge < -0.3 is 4.42 Å². The third kappa shape index (κ3) is 4.89. The Morgan fingerprint density at radius 3 is 2.60 bits per heavy atom. The number of benzene rings is 2. The van der Waals surface area contributed by atoms with Crippen LogP contribution in [0.4, 0.5) is 0 Å². The zero-order valence-corrected chi connectivity index (χ0v) is 15.1. The van der Waals surface area contributed by atoms with Crippen molar-refractivity contribution in [2.24, 2.45) is 5.10 Å². The molecule has 1 N–H and O–H groups in total. The molecule has 4 nitrogen and oxygen atoms in total. The molecule has 0 aliphatic carbocycles. The summed E-state index contributed by atoms with van der Waals surface area (Å²) < 4.78 is 5.63. The molecule has 25 heavy (non-hydrogen) atoms. The predicted octanol–water partition coefficient (Wildman–Crippen LogP) is 5.50. The third-order valence-electron chi connectivity index (χ3n) is 3.10. The molecule has 1 amide bonds. The van der Waals surface area contributed by atoms with Crippen LogP contribution in [0.5, 0.6) is 0 Å². The van der Waals surface area contributed by atoms with Gasteiger partial charge in [0.15, 0.2) is 5.09 Å². The van der Waals surface area contributed by atoms with E-state index in [9.17, 15) is 4.79 Å². The third-order valence-corrected chi connectivity index (χ3v) is 4.77. The van der Waals surface area contributed by atoms with E-state index in [4.69, 9.17) is 27.6 Å². The number of hydrogen-bond acceptors (Lipinski definition) is 4. The fourth-order valence-corrected chi connectivity index (χ4v) is 3.02. The van der Waals surface area contributed by atoms with Crippen LogP contribution in [-0.2, 0) is 0 Å². The van der Waals surface area contributed by atoms with Crippen molar-refractivity contribution in [2.45, 2.75) is 9.99 Å². The largest absolute Gasteiger partial charge is 0.448 e. The number of carbonyl (C=O) groups is 1. The van der Waals surface area contributed by atoms with Gasteiger partial charge in [-0.05, 0) is 42.5 Å². The van der Waals surface area contributed by atoms with Crippen LogP contribution in [0, 0.1) is 0 Å². The first-order valence-corrected chi connectivity index (χ1v) is 8.80. The number of hydrogen-bond donors (Lipinski definition) is 1. The van der Waals surface area contributed by atoms with Crippen LogP contribution in [0.3, 0.4) is 0 Å². The summed E-state index contributed by atoms with van der Waals surface area (Å²) >= 11 is 13.2. The SMILES string of the molecule is O=C(N/N=C\c1ccc(Sc2ccccc2)o1)c1ccc(Cl)c(Cl)c1. The monoisotopic (exact) mass is 390 g/mol. The number of nitrogens with zero attached hydrogens (tertiary/aromatic N) is 1. The summed E-state index contributed by atoms with van der Waals surface area (Å²) in [5.41, 5.74) is 2.78. The maximum absolute atomic E-state index is 12.0. The van der Waals surface area contributed by atoms with Crippen LogP contribution in [0.15, 0.2) is 80.2 Å². The number of hydrazone groups is 1. The molecule has 0 atom stereocenters. The average molecular weight is 391 g/mol. The highest BCUT2D eigenvalue weighted by Gasteiger charge is 2.07. The number of halogens is 2. The van der Waals surface area contributed by atoms with Gasteiger partial charge in [0.05, 0.1) is 16.3 Å². The number of amides is 1. The fraction of sp³-hybridized carbons (Fsp3) is 0. The van der Waals surface area contributed by atoms with Gasteiger partial charge in [-0.3, -0.25) is 4.79 Å². The minimum absolute atomic E-state index is 0.312. The van der Waals surface area contributed by atoms with E-state index in [0.717, 1.165) is 9.99 Å². The summed E-state index contributed by atoms with van der Waals surface area (Å²) in [4.78, 5) is 13.1. The van der Waals surface area contributed by atoms with Crippen molar-refractivity contribution in [2.75, 3.05) is 0 Å². The van der Waals surface area contributed by atoms with Crippen molar-refractivity contribution in [1.29, 1.82) is 0 Å². The summed E-state index contributed by atoms with van der Waals surface area (Å²) in [7, 11) is 0. The minimum atomic E-state index is -0.389. The van der Waals surface area contributed by atoms with Crippen LogP contribution < -0.4 is 5.43 Å². The quantitative estimate of drug-likeness (QED) is 0.462. The zero-order chi connectivity index (χ0) is 17.6. The highest BCUT2D eigenvalue weighted by molar-refractivity contribution is 7.99. The summed E-state index contributed by atoms with van der Waals surface area (Å²) in [5, 5.41) is 5.33. The Balaban J connectivity index is 1.59. The molecular formula is C18H12Cl2N2O2S. The highest BCUT2D eigenvalue weighted by atomic mass is 35.5. The Kier molecular flexibility index (Phi) is 5.81. The van der Waals surface area contributed by atoms with Gasteiger partial charge in [-0.25, -0.2) is 5.43 Å². The summed E-state index contributed by atoms with van der Waals surface area (Å²) in [6, 6.07) is 18.1. The van der Waals surface area contributed by atoms with Crippen LogP contribution >= 0.6 is 35.0 Å². The molecule has 0 radical (unpaired) electrons. The second-order valence-corrected chi connectivity index (χ2v) is 6.79. The van der Waals surface area contributed by atoms with Crippen molar-refractivity contribution in [3.8, 4) is 0 Å². The Morgan fingerprint density at radius 2 is 1.84 bits per heavy atom. The first-order valence-electron chi connectivity index (χ1n) is 7.23. The topological polar surface area (TPSA) is 54.6 Å². The summed E-state index contributed by atoms with van der Waals surface area (Å²) in [5.74, 6) is 0.146. The van der Waals surface area contributed by atoms with E-state index in [0.29, 0.717) is 21.4 Å². The molecule has 0 aliphatic heterocycles. The van der Waals surface area contributed by atoms with Gasteiger partial charge in [-0.15, -0.1) is 0 Å². The Hall–Kier alpha value is -2.21. The van der Waals surface area contributed by atoms with Crippen LogP contribution in [0.1, 0.15) is 16.1 Å². The number of nitrogens with one attached hydrogen (secondary N) is 1. The summed E-state index contributed by atoms with van der Waals surface area (Å²) in [6.45, 7) is 0. The number of carbonyl (C=O) groups excluding carboxylic acids is 1. The molecule has 0 spiro atoms. The molecule has 7 heteroatoms. The second-order valence-electron chi connectivity index (χ2n) is 4.90. The molecule has 0 fully saturated rings. The molecule has 0 aliphatic rings. The van der Waals surface area contributed by atoms with Crippen LogP contribution in [0.2, 0.25) is 10.0 Å². The molecule has 0 unspecified atom stereocenters.